The number of hydrogen-bond acceptors (Lipinski definition) is 3. The molecule has 0 saturated carbocycles. The zero-order valence-electron chi connectivity index (χ0n) is 16.2. The summed E-state index contributed by atoms with van der Waals surface area (Å²) in [7, 11) is 0. The number of amides is 3. The smallest absolute Gasteiger partial charge is 0.319 e. The quantitative estimate of drug-likeness (QED) is 0.655. The van der Waals surface area contributed by atoms with Crippen LogP contribution in [0, 0.1) is 18.8 Å². The van der Waals surface area contributed by atoms with Gasteiger partial charge in [0.05, 0.1) is 6.54 Å². The van der Waals surface area contributed by atoms with Crippen LogP contribution in [0.2, 0.25) is 0 Å². The average molecular weight is 361 g/mol. The molecule has 2 rings (SSSR count). The molecule has 1 fully saturated rings. The lowest BCUT2D eigenvalue weighted by atomic mass is 9.92. The van der Waals surface area contributed by atoms with Crippen LogP contribution in [0.15, 0.2) is 24.3 Å². The fourth-order valence-electron chi connectivity index (χ4n) is 3.63. The van der Waals surface area contributed by atoms with E-state index in [1.807, 2.05) is 31.2 Å². The van der Waals surface area contributed by atoms with Crippen LogP contribution in [0.1, 0.15) is 32.3 Å². The summed E-state index contributed by atoms with van der Waals surface area (Å²) in [4.78, 5) is 26.1. The first-order valence-electron chi connectivity index (χ1n) is 9.53. The van der Waals surface area contributed by atoms with E-state index in [2.05, 4.69) is 34.7 Å². The molecule has 3 N–H and O–H groups in total. The van der Waals surface area contributed by atoms with E-state index in [9.17, 15) is 9.59 Å². The maximum absolute atomic E-state index is 11.8. The second-order valence-electron chi connectivity index (χ2n) is 7.59. The van der Waals surface area contributed by atoms with E-state index in [1.54, 1.807) is 0 Å². The van der Waals surface area contributed by atoms with Crippen molar-refractivity contribution >= 4 is 17.6 Å². The molecule has 1 saturated heterocycles. The monoisotopic (exact) mass is 360 g/mol. The molecule has 2 atom stereocenters. The van der Waals surface area contributed by atoms with Crippen LogP contribution in [0.25, 0.3) is 0 Å². The topological polar surface area (TPSA) is 73.5 Å². The van der Waals surface area contributed by atoms with Gasteiger partial charge in [-0.05, 0) is 55.8 Å². The van der Waals surface area contributed by atoms with Crippen molar-refractivity contribution < 1.29 is 9.59 Å². The van der Waals surface area contributed by atoms with Crippen molar-refractivity contribution in [3.63, 3.8) is 0 Å². The third-order valence-electron chi connectivity index (χ3n) is 4.60. The second-order valence-corrected chi connectivity index (χ2v) is 7.59. The number of likely N-dealkylation sites (tertiary alicyclic amines) is 1. The molecule has 1 aromatic rings. The minimum absolute atomic E-state index is 0.0184. The van der Waals surface area contributed by atoms with E-state index < -0.39 is 0 Å². The van der Waals surface area contributed by atoms with Gasteiger partial charge in [0.2, 0.25) is 5.91 Å². The summed E-state index contributed by atoms with van der Waals surface area (Å²) in [5.41, 5.74) is 1.78. The number of rotatable bonds is 7. The summed E-state index contributed by atoms with van der Waals surface area (Å²) in [5.74, 6) is 1.35. The molecule has 144 valence electrons. The summed E-state index contributed by atoms with van der Waals surface area (Å²) in [6.45, 7) is 10.5. The fraction of sp³-hybridized carbons (Fsp3) is 0.600. The average Bonchev–Trinajstić information content (AvgIpc) is 2.56. The van der Waals surface area contributed by atoms with Crippen LogP contribution in [0.4, 0.5) is 10.5 Å². The highest BCUT2D eigenvalue weighted by molar-refractivity contribution is 5.92. The predicted octanol–water partition coefficient (Wildman–Crippen LogP) is 2.60. The maximum atomic E-state index is 11.8. The van der Waals surface area contributed by atoms with Crippen molar-refractivity contribution in [1.29, 1.82) is 0 Å². The minimum Gasteiger partial charge on any atom is -0.355 e. The number of nitrogens with one attached hydrogen (secondary N) is 3. The largest absolute Gasteiger partial charge is 0.355 e. The zero-order chi connectivity index (χ0) is 18.9. The number of nitrogens with zero attached hydrogens (tertiary/aromatic N) is 1. The molecule has 1 aliphatic heterocycles. The summed E-state index contributed by atoms with van der Waals surface area (Å²) in [6.07, 6.45) is 2.24. The molecular formula is C20H32N4O2. The lowest BCUT2D eigenvalue weighted by Crippen LogP contribution is -2.41. The Balaban J connectivity index is 1.56. The molecule has 6 heteroatoms. The first-order chi connectivity index (χ1) is 12.4. The van der Waals surface area contributed by atoms with Gasteiger partial charge in [-0.3, -0.25) is 4.79 Å². The number of benzene rings is 1. The molecular weight excluding hydrogens is 328 g/mol. The third-order valence-corrected chi connectivity index (χ3v) is 4.60. The van der Waals surface area contributed by atoms with Crippen molar-refractivity contribution in [3.05, 3.63) is 29.8 Å². The van der Waals surface area contributed by atoms with Crippen molar-refractivity contribution in [2.45, 2.75) is 33.6 Å². The van der Waals surface area contributed by atoms with Crippen LogP contribution in [0.5, 0.6) is 0 Å². The Morgan fingerprint density at radius 2 is 1.88 bits per heavy atom. The van der Waals surface area contributed by atoms with Crippen LogP contribution in [-0.4, -0.2) is 49.6 Å². The highest BCUT2D eigenvalue weighted by Gasteiger charge is 2.21. The van der Waals surface area contributed by atoms with Crippen LogP contribution in [-0.2, 0) is 4.79 Å². The van der Waals surface area contributed by atoms with Gasteiger partial charge in [-0.25, -0.2) is 4.79 Å². The molecule has 1 heterocycles. The van der Waals surface area contributed by atoms with Crippen molar-refractivity contribution in [1.82, 2.24) is 15.5 Å². The third kappa shape index (κ3) is 7.44. The predicted molar refractivity (Wildman–Crippen MR) is 105 cm³/mol. The second kappa shape index (κ2) is 10.2. The Kier molecular flexibility index (Phi) is 7.91. The van der Waals surface area contributed by atoms with Gasteiger partial charge in [0, 0.05) is 25.3 Å². The van der Waals surface area contributed by atoms with Gasteiger partial charge in [0.1, 0.15) is 0 Å². The number of hydrogen-bond donors (Lipinski definition) is 3. The number of anilines is 1. The Labute approximate surface area is 156 Å². The number of urea groups is 1. The van der Waals surface area contributed by atoms with E-state index in [4.69, 9.17) is 0 Å². The molecule has 1 aromatic carbocycles. The lowest BCUT2D eigenvalue weighted by Gasteiger charge is -2.34. The van der Waals surface area contributed by atoms with Gasteiger partial charge >= 0.3 is 6.03 Å². The van der Waals surface area contributed by atoms with Gasteiger partial charge in [-0.1, -0.05) is 26.0 Å². The van der Waals surface area contributed by atoms with Crippen LogP contribution in [0.3, 0.4) is 0 Å². The van der Waals surface area contributed by atoms with Crippen LogP contribution < -0.4 is 16.0 Å². The lowest BCUT2D eigenvalue weighted by molar-refractivity contribution is -0.120. The van der Waals surface area contributed by atoms with E-state index in [0.29, 0.717) is 12.2 Å². The zero-order valence-corrected chi connectivity index (χ0v) is 16.2. The maximum Gasteiger partial charge on any atom is 0.319 e. The fourth-order valence-corrected chi connectivity index (χ4v) is 3.63. The van der Waals surface area contributed by atoms with Crippen molar-refractivity contribution in [2.24, 2.45) is 11.8 Å². The minimum atomic E-state index is -0.373. The highest BCUT2D eigenvalue weighted by atomic mass is 16.2. The van der Waals surface area contributed by atoms with Gasteiger partial charge in [0.15, 0.2) is 0 Å². The summed E-state index contributed by atoms with van der Waals surface area (Å²) in [5, 5.41) is 8.16. The summed E-state index contributed by atoms with van der Waals surface area (Å²) < 4.78 is 0. The molecule has 2 unspecified atom stereocenters. The van der Waals surface area contributed by atoms with Gasteiger partial charge in [-0.2, -0.15) is 0 Å². The first kappa shape index (κ1) is 20.2. The van der Waals surface area contributed by atoms with E-state index >= 15 is 0 Å². The molecule has 0 radical (unpaired) electrons. The number of carbonyl (C=O) groups excluding carboxylic acids is 2. The Morgan fingerprint density at radius 3 is 2.58 bits per heavy atom. The first-order valence-corrected chi connectivity index (χ1v) is 9.53. The van der Waals surface area contributed by atoms with Gasteiger partial charge in [0.25, 0.3) is 0 Å². The van der Waals surface area contributed by atoms with Crippen molar-refractivity contribution in [2.75, 3.05) is 38.0 Å². The highest BCUT2D eigenvalue weighted by Crippen LogP contribution is 2.20. The number of piperidine rings is 1. The molecule has 3 amide bonds. The molecule has 0 aliphatic carbocycles. The normalized spacial score (nSPS) is 20.4. The molecule has 0 spiro atoms. The Hall–Kier alpha value is -2.08. The number of carbonyl (C=O) groups is 2. The van der Waals surface area contributed by atoms with Gasteiger partial charge in [-0.15, -0.1) is 0 Å². The Bertz CT molecular complexity index is 595. The van der Waals surface area contributed by atoms with E-state index in [1.165, 1.54) is 6.42 Å². The molecule has 0 bridgehead atoms. The number of aryl methyl sites for hydroxylation is 1. The van der Waals surface area contributed by atoms with E-state index in [0.717, 1.165) is 43.5 Å². The SMILES string of the molecule is Cc1cccc(NC(=O)NCC(=O)NCCCN2CC(C)CC(C)C2)c1. The van der Waals surface area contributed by atoms with Crippen molar-refractivity contribution in [3.8, 4) is 0 Å². The summed E-state index contributed by atoms with van der Waals surface area (Å²) >= 11 is 0. The van der Waals surface area contributed by atoms with Gasteiger partial charge < -0.3 is 20.9 Å². The Morgan fingerprint density at radius 1 is 1.15 bits per heavy atom. The van der Waals surface area contributed by atoms with E-state index in [-0.39, 0.29) is 18.5 Å². The van der Waals surface area contributed by atoms with Crippen LogP contribution >= 0.6 is 0 Å². The molecule has 0 aromatic heterocycles. The standard InChI is InChI=1S/C20H32N4O2/c1-15-6-4-7-18(11-15)23-20(26)22-12-19(25)21-8-5-9-24-13-16(2)10-17(3)14-24/h4,6-7,11,16-17H,5,8-10,12-14H2,1-3H3,(H,21,25)(H2,22,23,26). The molecule has 26 heavy (non-hydrogen) atoms. The summed E-state index contributed by atoms with van der Waals surface area (Å²) in [6, 6.07) is 7.15. The molecule has 6 nitrogen and oxygen atoms in total. The molecule has 1 aliphatic rings.